The minimum atomic E-state index is -0.212. The number of rotatable bonds is 7. The van der Waals surface area contributed by atoms with Crippen LogP contribution in [0, 0.1) is 6.92 Å². The van der Waals surface area contributed by atoms with E-state index in [0.29, 0.717) is 19.0 Å². The Labute approximate surface area is 133 Å². The summed E-state index contributed by atoms with van der Waals surface area (Å²) in [6, 6.07) is 5.40. The van der Waals surface area contributed by atoms with Gasteiger partial charge in [-0.15, -0.1) is 11.3 Å². The molecule has 0 bridgehead atoms. The number of hydrogen-bond acceptors (Lipinski definition) is 6. The van der Waals surface area contributed by atoms with E-state index in [0.717, 1.165) is 23.1 Å². The lowest BCUT2D eigenvalue weighted by atomic mass is 10.4. The summed E-state index contributed by atoms with van der Waals surface area (Å²) in [5.74, 6) is 1.34. The molecule has 2 heterocycles. The van der Waals surface area contributed by atoms with E-state index in [1.807, 2.05) is 37.4 Å². The van der Waals surface area contributed by atoms with Crippen LogP contribution in [0.25, 0.3) is 0 Å². The number of nitrogens with zero attached hydrogens (tertiary/aromatic N) is 2. The molecule has 0 aromatic carbocycles. The molecule has 0 radical (unpaired) electrons. The second-order valence-corrected chi connectivity index (χ2v) is 5.48. The van der Waals surface area contributed by atoms with Gasteiger partial charge < -0.3 is 16.0 Å². The summed E-state index contributed by atoms with van der Waals surface area (Å²) in [6.07, 6.45) is 0. The highest BCUT2D eigenvalue weighted by Crippen LogP contribution is 2.14. The first-order chi connectivity index (χ1) is 10.7. The number of hydrogen-bond donors (Lipinski definition) is 4. The average molecular weight is 320 g/mol. The molecule has 0 spiro atoms. The maximum atomic E-state index is 11.6. The SMILES string of the molecule is CCNc1nc(C)cc(NCCNC(=O)Nc2cccs2)n1. The second kappa shape index (κ2) is 8.18. The summed E-state index contributed by atoms with van der Waals surface area (Å²) in [4.78, 5) is 20.3. The quantitative estimate of drug-likeness (QED) is 0.589. The molecular formula is C14H20N6OS. The maximum absolute atomic E-state index is 11.6. The Hall–Kier alpha value is -2.35. The lowest BCUT2D eigenvalue weighted by Crippen LogP contribution is -2.32. The number of amides is 2. The van der Waals surface area contributed by atoms with Gasteiger partial charge in [0.2, 0.25) is 5.95 Å². The average Bonchev–Trinajstić information content (AvgIpc) is 2.96. The molecule has 0 atom stereocenters. The van der Waals surface area contributed by atoms with Crippen LogP contribution >= 0.6 is 11.3 Å². The van der Waals surface area contributed by atoms with Crippen LogP contribution in [0.3, 0.4) is 0 Å². The Morgan fingerprint density at radius 1 is 1.27 bits per heavy atom. The van der Waals surface area contributed by atoms with Gasteiger partial charge in [-0.2, -0.15) is 4.98 Å². The highest BCUT2D eigenvalue weighted by Gasteiger charge is 2.03. The molecule has 0 saturated heterocycles. The largest absolute Gasteiger partial charge is 0.368 e. The number of aromatic nitrogens is 2. The number of carbonyl (C=O) groups excluding carboxylic acids is 1. The van der Waals surface area contributed by atoms with Crippen molar-refractivity contribution < 1.29 is 4.79 Å². The van der Waals surface area contributed by atoms with E-state index in [4.69, 9.17) is 0 Å². The first-order valence-corrected chi connectivity index (χ1v) is 7.97. The van der Waals surface area contributed by atoms with Crippen molar-refractivity contribution in [2.45, 2.75) is 13.8 Å². The Morgan fingerprint density at radius 3 is 2.86 bits per heavy atom. The molecule has 7 nitrogen and oxygen atoms in total. The van der Waals surface area contributed by atoms with E-state index in [1.165, 1.54) is 11.3 Å². The molecule has 2 aromatic heterocycles. The fourth-order valence-electron chi connectivity index (χ4n) is 1.77. The Kier molecular flexibility index (Phi) is 5.96. The minimum absolute atomic E-state index is 0.212. The van der Waals surface area contributed by atoms with Crippen molar-refractivity contribution >= 4 is 34.1 Å². The van der Waals surface area contributed by atoms with E-state index in [-0.39, 0.29) is 6.03 Å². The highest BCUT2D eigenvalue weighted by molar-refractivity contribution is 7.14. The van der Waals surface area contributed by atoms with Crippen LogP contribution in [0.15, 0.2) is 23.6 Å². The van der Waals surface area contributed by atoms with Crippen LogP contribution in [0.4, 0.5) is 21.6 Å². The van der Waals surface area contributed by atoms with Gasteiger partial charge in [0.15, 0.2) is 0 Å². The van der Waals surface area contributed by atoms with E-state index < -0.39 is 0 Å². The lowest BCUT2D eigenvalue weighted by molar-refractivity contribution is 0.252. The Morgan fingerprint density at radius 2 is 2.14 bits per heavy atom. The molecule has 0 aliphatic rings. The number of urea groups is 1. The van der Waals surface area contributed by atoms with Gasteiger partial charge in [0.05, 0.1) is 5.00 Å². The van der Waals surface area contributed by atoms with Gasteiger partial charge in [-0.3, -0.25) is 5.32 Å². The molecule has 118 valence electrons. The molecular weight excluding hydrogens is 300 g/mol. The van der Waals surface area contributed by atoms with Gasteiger partial charge >= 0.3 is 6.03 Å². The molecule has 2 rings (SSSR count). The number of nitrogens with one attached hydrogen (secondary N) is 4. The van der Waals surface area contributed by atoms with Crippen LogP contribution in [0.2, 0.25) is 0 Å². The van der Waals surface area contributed by atoms with Gasteiger partial charge in [0.25, 0.3) is 0 Å². The zero-order valence-electron chi connectivity index (χ0n) is 12.6. The molecule has 22 heavy (non-hydrogen) atoms. The first kappa shape index (κ1) is 16.0. The van der Waals surface area contributed by atoms with Crippen LogP contribution in [-0.4, -0.2) is 35.6 Å². The molecule has 0 aliphatic carbocycles. The number of aryl methyl sites for hydroxylation is 1. The number of carbonyl (C=O) groups is 1. The molecule has 2 amide bonds. The second-order valence-electron chi connectivity index (χ2n) is 4.53. The summed E-state index contributed by atoms with van der Waals surface area (Å²) in [6.45, 7) is 5.76. The Bertz CT molecular complexity index is 601. The smallest absolute Gasteiger partial charge is 0.319 e. The molecule has 2 aromatic rings. The van der Waals surface area contributed by atoms with Gasteiger partial charge in [-0.1, -0.05) is 0 Å². The van der Waals surface area contributed by atoms with Crippen molar-refractivity contribution in [3.63, 3.8) is 0 Å². The molecule has 0 fully saturated rings. The van der Waals surface area contributed by atoms with E-state index >= 15 is 0 Å². The summed E-state index contributed by atoms with van der Waals surface area (Å²) in [5, 5.41) is 14.5. The van der Waals surface area contributed by atoms with Gasteiger partial charge in [0, 0.05) is 31.4 Å². The predicted octanol–water partition coefficient (Wildman–Crippen LogP) is 2.51. The van der Waals surface area contributed by atoms with Crippen molar-refractivity contribution in [3.05, 3.63) is 29.3 Å². The predicted molar refractivity (Wildman–Crippen MR) is 90.8 cm³/mol. The van der Waals surface area contributed by atoms with Crippen molar-refractivity contribution in [3.8, 4) is 0 Å². The highest BCUT2D eigenvalue weighted by atomic mass is 32.1. The maximum Gasteiger partial charge on any atom is 0.319 e. The fourth-order valence-corrected chi connectivity index (χ4v) is 2.38. The van der Waals surface area contributed by atoms with E-state index in [1.54, 1.807) is 0 Å². The summed E-state index contributed by atoms with van der Waals surface area (Å²) < 4.78 is 0. The normalized spacial score (nSPS) is 10.1. The van der Waals surface area contributed by atoms with Crippen LogP contribution < -0.4 is 21.3 Å². The zero-order valence-corrected chi connectivity index (χ0v) is 13.5. The zero-order chi connectivity index (χ0) is 15.8. The standard InChI is InChI=1S/C14H20N6OS/c1-3-15-13-18-10(2)9-11(19-13)16-6-7-17-14(21)20-12-5-4-8-22-12/h4-5,8-9H,3,6-7H2,1-2H3,(H2,17,20,21)(H2,15,16,18,19). The van der Waals surface area contributed by atoms with Crippen LogP contribution in [-0.2, 0) is 0 Å². The fraction of sp³-hybridized carbons (Fsp3) is 0.357. The van der Waals surface area contributed by atoms with Gasteiger partial charge in [0.1, 0.15) is 5.82 Å². The lowest BCUT2D eigenvalue weighted by Gasteiger charge is -2.10. The third-order valence-corrected chi connectivity index (χ3v) is 3.45. The molecule has 8 heteroatoms. The Balaban J connectivity index is 1.73. The van der Waals surface area contributed by atoms with Crippen molar-refractivity contribution in [1.82, 2.24) is 15.3 Å². The van der Waals surface area contributed by atoms with Crippen molar-refractivity contribution in [1.29, 1.82) is 0 Å². The number of anilines is 3. The van der Waals surface area contributed by atoms with E-state index in [9.17, 15) is 4.79 Å². The summed E-state index contributed by atoms with van der Waals surface area (Å²) >= 11 is 1.48. The van der Waals surface area contributed by atoms with Crippen molar-refractivity contribution in [2.75, 3.05) is 35.6 Å². The molecule has 0 unspecified atom stereocenters. The third-order valence-electron chi connectivity index (χ3n) is 2.66. The van der Waals surface area contributed by atoms with Gasteiger partial charge in [-0.25, -0.2) is 9.78 Å². The number of thiophene rings is 1. The molecule has 0 saturated carbocycles. The van der Waals surface area contributed by atoms with E-state index in [2.05, 4.69) is 31.2 Å². The van der Waals surface area contributed by atoms with Crippen molar-refractivity contribution in [2.24, 2.45) is 0 Å². The first-order valence-electron chi connectivity index (χ1n) is 7.09. The van der Waals surface area contributed by atoms with Gasteiger partial charge in [-0.05, 0) is 31.4 Å². The minimum Gasteiger partial charge on any atom is -0.368 e. The topological polar surface area (TPSA) is 91.0 Å². The van der Waals surface area contributed by atoms with Crippen LogP contribution in [0.5, 0.6) is 0 Å². The third kappa shape index (κ3) is 5.21. The molecule has 0 aliphatic heterocycles. The molecule has 4 N–H and O–H groups in total. The van der Waals surface area contributed by atoms with Crippen LogP contribution in [0.1, 0.15) is 12.6 Å². The monoisotopic (exact) mass is 320 g/mol. The summed E-state index contributed by atoms with van der Waals surface area (Å²) in [5.41, 5.74) is 0.886. The summed E-state index contributed by atoms with van der Waals surface area (Å²) in [7, 11) is 0.